The van der Waals surface area contributed by atoms with Gasteiger partial charge in [-0.15, -0.1) is 4.67 Å². The third-order valence-electron chi connectivity index (χ3n) is 1.80. The normalized spacial score (nSPS) is 15.1. The highest BCUT2D eigenvalue weighted by Crippen LogP contribution is 2.37. The summed E-state index contributed by atoms with van der Waals surface area (Å²) in [6.07, 6.45) is 1.80. The maximum atomic E-state index is 10.8. The summed E-state index contributed by atoms with van der Waals surface area (Å²) in [5, 5.41) is 0.944. The summed E-state index contributed by atoms with van der Waals surface area (Å²) in [5.41, 5.74) is 0.964. The predicted octanol–water partition coefficient (Wildman–Crippen LogP) is 2.29. The van der Waals surface area contributed by atoms with Crippen molar-refractivity contribution >= 4 is 18.5 Å². The summed E-state index contributed by atoms with van der Waals surface area (Å²) in [6, 6.07) is 7.02. The molecule has 0 radical (unpaired) electrons. The van der Waals surface area contributed by atoms with Crippen molar-refractivity contribution in [1.29, 1.82) is 0 Å². The van der Waals surface area contributed by atoms with Gasteiger partial charge in [0.15, 0.2) is 5.75 Å². The van der Waals surface area contributed by atoms with Crippen molar-refractivity contribution in [3.63, 3.8) is 0 Å². The van der Waals surface area contributed by atoms with E-state index in [0.717, 1.165) is 17.6 Å². The minimum Gasteiger partial charge on any atom is -0.361 e. The van der Waals surface area contributed by atoms with Crippen molar-refractivity contribution in [2.45, 2.75) is 0 Å². The van der Waals surface area contributed by atoms with Gasteiger partial charge in [-0.2, -0.15) is 0 Å². The van der Waals surface area contributed by atoms with Crippen molar-refractivity contribution in [2.75, 3.05) is 6.66 Å². The number of nitrogens with one attached hydrogen (secondary N) is 1. The molecule has 0 fully saturated rings. The minimum atomic E-state index is -3.61. The Morgan fingerprint density at radius 2 is 2.20 bits per heavy atom. The summed E-state index contributed by atoms with van der Waals surface area (Å²) in [6.45, 7) is 1.06. The van der Waals surface area contributed by atoms with E-state index in [1.54, 1.807) is 24.4 Å². The fraction of sp³-hybridized carbons (Fsp3) is 0.111. The molecule has 0 saturated heterocycles. The lowest BCUT2D eigenvalue weighted by Crippen LogP contribution is -1.93. The quantitative estimate of drug-likeness (QED) is 0.479. The molecule has 1 unspecified atom stereocenters. The minimum absolute atomic E-state index is 0.387. The summed E-state index contributed by atoms with van der Waals surface area (Å²) in [4.78, 5) is 16.6. The van der Waals surface area contributed by atoms with E-state index >= 15 is 0 Å². The van der Waals surface area contributed by atoms with Gasteiger partial charge in [0.1, 0.15) is 0 Å². The van der Waals surface area contributed by atoms with Gasteiger partial charge in [0, 0.05) is 23.8 Å². The molecule has 2 aromatic rings. The lowest BCUT2D eigenvalue weighted by molar-refractivity contribution is -0.107. The van der Waals surface area contributed by atoms with Gasteiger partial charge in [-0.25, -0.2) is 0 Å². The number of aromatic nitrogens is 1. The van der Waals surface area contributed by atoms with Crippen LogP contribution in [0, 0.1) is 0 Å². The average Bonchev–Trinajstić information content (AvgIpc) is 2.60. The van der Waals surface area contributed by atoms with Crippen molar-refractivity contribution in [1.82, 2.24) is 4.98 Å². The second-order valence-electron chi connectivity index (χ2n) is 3.19. The zero-order valence-electron chi connectivity index (χ0n) is 8.01. The molecular formula is C9H10NO4P. The molecule has 0 aliphatic heterocycles. The summed E-state index contributed by atoms with van der Waals surface area (Å²) >= 11 is 0. The third kappa shape index (κ3) is 2.59. The van der Waals surface area contributed by atoms with Crippen molar-refractivity contribution < 1.29 is 19.0 Å². The standard InChI is InChI=1S/C9H10NO4P/c1-15(11,12)14-13-8-2-3-9-7(6-8)4-5-10-9/h2-6,10H,1H3,(H,11,12). The number of benzene rings is 1. The Labute approximate surface area is 86.1 Å². The number of H-pyrrole nitrogens is 1. The summed E-state index contributed by atoms with van der Waals surface area (Å²) in [5.74, 6) is 0.387. The first-order valence-electron chi connectivity index (χ1n) is 4.28. The maximum Gasteiger partial charge on any atom is 0.363 e. The van der Waals surface area contributed by atoms with Crippen LogP contribution in [0.15, 0.2) is 30.5 Å². The molecule has 0 saturated carbocycles. The fourth-order valence-corrected chi connectivity index (χ4v) is 1.42. The molecule has 0 bridgehead atoms. The van der Waals surface area contributed by atoms with Crippen LogP contribution in [0.5, 0.6) is 5.75 Å². The van der Waals surface area contributed by atoms with E-state index in [4.69, 9.17) is 9.78 Å². The lowest BCUT2D eigenvalue weighted by Gasteiger charge is -2.06. The predicted molar refractivity (Wildman–Crippen MR) is 55.8 cm³/mol. The Morgan fingerprint density at radius 3 is 2.93 bits per heavy atom. The van der Waals surface area contributed by atoms with Crippen LogP contribution >= 0.6 is 7.60 Å². The topological polar surface area (TPSA) is 71.6 Å². The van der Waals surface area contributed by atoms with Gasteiger partial charge in [-0.05, 0) is 24.3 Å². The molecule has 0 aliphatic carbocycles. The number of rotatable bonds is 3. The highest BCUT2D eigenvalue weighted by atomic mass is 31.2. The van der Waals surface area contributed by atoms with Crippen molar-refractivity contribution in [2.24, 2.45) is 0 Å². The molecule has 2 N–H and O–H groups in total. The summed E-state index contributed by atoms with van der Waals surface area (Å²) in [7, 11) is -3.61. The second-order valence-corrected chi connectivity index (χ2v) is 4.94. The Balaban J connectivity index is 2.18. The highest BCUT2D eigenvalue weighted by molar-refractivity contribution is 7.51. The van der Waals surface area contributed by atoms with Crippen LogP contribution in [-0.2, 0) is 9.24 Å². The molecule has 2 rings (SSSR count). The Kier molecular flexibility index (Phi) is 2.52. The Bertz CT molecular complexity index is 516. The van der Waals surface area contributed by atoms with E-state index in [1.807, 2.05) is 6.07 Å². The van der Waals surface area contributed by atoms with E-state index in [9.17, 15) is 4.57 Å². The van der Waals surface area contributed by atoms with Gasteiger partial charge in [0.25, 0.3) is 0 Å². The second kappa shape index (κ2) is 3.70. The van der Waals surface area contributed by atoms with Crippen LogP contribution in [0.25, 0.3) is 10.9 Å². The molecule has 6 heteroatoms. The van der Waals surface area contributed by atoms with Crippen LogP contribution < -0.4 is 4.89 Å². The number of hydrogen-bond acceptors (Lipinski definition) is 3. The fourth-order valence-electron chi connectivity index (χ4n) is 1.20. The highest BCUT2D eigenvalue weighted by Gasteiger charge is 2.12. The van der Waals surface area contributed by atoms with Gasteiger partial charge in [0.2, 0.25) is 0 Å². The molecule has 0 spiro atoms. The summed E-state index contributed by atoms with van der Waals surface area (Å²) < 4.78 is 15.1. The van der Waals surface area contributed by atoms with E-state index in [1.165, 1.54) is 0 Å². The molecular weight excluding hydrogens is 217 g/mol. The van der Waals surface area contributed by atoms with Crippen LogP contribution in [-0.4, -0.2) is 16.5 Å². The first-order chi connectivity index (χ1) is 7.04. The molecule has 1 aromatic carbocycles. The lowest BCUT2D eigenvalue weighted by atomic mass is 10.2. The van der Waals surface area contributed by atoms with Gasteiger partial charge < -0.3 is 14.8 Å². The van der Waals surface area contributed by atoms with E-state index in [2.05, 4.69) is 9.66 Å². The zero-order valence-corrected chi connectivity index (χ0v) is 8.90. The first-order valence-corrected chi connectivity index (χ1v) is 6.31. The first kappa shape index (κ1) is 10.2. The van der Waals surface area contributed by atoms with Crippen LogP contribution in [0.4, 0.5) is 0 Å². The Morgan fingerprint density at radius 1 is 1.40 bits per heavy atom. The number of aromatic amines is 1. The van der Waals surface area contributed by atoms with Gasteiger partial charge in [0.05, 0.1) is 0 Å². The number of fused-ring (bicyclic) bond motifs is 1. The molecule has 5 nitrogen and oxygen atoms in total. The van der Waals surface area contributed by atoms with Gasteiger partial charge in [-0.3, -0.25) is 4.57 Å². The van der Waals surface area contributed by atoms with Gasteiger partial charge >= 0.3 is 7.60 Å². The van der Waals surface area contributed by atoms with E-state index in [0.29, 0.717) is 5.75 Å². The molecule has 0 aliphatic rings. The smallest absolute Gasteiger partial charge is 0.361 e. The SMILES string of the molecule is CP(=O)(O)OOc1ccc2[nH]ccc2c1. The largest absolute Gasteiger partial charge is 0.363 e. The molecule has 0 amide bonds. The van der Waals surface area contributed by atoms with E-state index in [-0.39, 0.29) is 0 Å². The maximum absolute atomic E-state index is 10.8. The molecule has 80 valence electrons. The number of hydrogen-bond donors (Lipinski definition) is 2. The van der Waals surface area contributed by atoms with Crippen LogP contribution in [0.1, 0.15) is 0 Å². The van der Waals surface area contributed by atoms with Gasteiger partial charge in [-0.1, -0.05) is 0 Å². The van der Waals surface area contributed by atoms with Crippen LogP contribution in [0.3, 0.4) is 0 Å². The zero-order chi connectivity index (χ0) is 10.9. The molecule has 1 aromatic heterocycles. The van der Waals surface area contributed by atoms with Crippen LogP contribution in [0.2, 0.25) is 0 Å². The monoisotopic (exact) mass is 227 g/mol. The average molecular weight is 227 g/mol. The third-order valence-corrected chi connectivity index (χ3v) is 2.15. The Hall–Kier alpha value is -1.29. The molecule has 1 atom stereocenters. The van der Waals surface area contributed by atoms with E-state index < -0.39 is 7.60 Å². The molecule has 1 heterocycles. The van der Waals surface area contributed by atoms with Crippen molar-refractivity contribution in [3.05, 3.63) is 30.5 Å². The van der Waals surface area contributed by atoms with Crippen molar-refractivity contribution in [3.8, 4) is 5.75 Å². The molecule has 15 heavy (non-hydrogen) atoms.